The lowest BCUT2D eigenvalue weighted by atomic mass is 9.49. The van der Waals surface area contributed by atoms with Crippen LogP contribution < -0.4 is 10.2 Å². The van der Waals surface area contributed by atoms with Crippen molar-refractivity contribution < 1.29 is 33.4 Å². The lowest BCUT2D eigenvalue weighted by molar-refractivity contribution is -0.144. The summed E-state index contributed by atoms with van der Waals surface area (Å²) in [5.41, 5.74) is 3.29. The molecule has 3 aliphatic carbocycles. The lowest BCUT2D eigenvalue weighted by Crippen LogP contribution is -2.53. The molecule has 258 valence electrons. The third kappa shape index (κ3) is 4.78. The normalized spacial score (nSPS) is 29.4. The minimum atomic E-state index is -1.59. The molecule has 0 bridgehead atoms. The summed E-state index contributed by atoms with van der Waals surface area (Å²) in [6.45, 7) is 0. The number of hydrazine groups is 1. The number of halogens is 2. The molecule has 8 rings (SSSR count). The van der Waals surface area contributed by atoms with Gasteiger partial charge in [-0.15, -0.1) is 0 Å². The Balaban J connectivity index is 1.33. The quantitative estimate of drug-likeness (QED) is 0.223. The second-order valence-corrected chi connectivity index (χ2v) is 14.6. The molecule has 2 saturated heterocycles. The minimum absolute atomic E-state index is 0.102. The number of nitrogens with one attached hydrogen (secondary N) is 1. The van der Waals surface area contributed by atoms with E-state index in [1.165, 1.54) is 42.3 Å². The summed E-state index contributed by atoms with van der Waals surface area (Å²) in [6.07, 6.45) is 6.94. The maximum atomic E-state index is 15.2. The molecule has 0 aromatic heterocycles. The molecule has 4 amide bonds. The molecule has 2 N–H and O–H groups in total. The van der Waals surface area contributed by atoms with Crippen molar-refractivity contribution in [1.82, 2.24) is 9.91 Å². The molecule has 9 nitrogen and oxygen atoms in total. The van der Waals surface area contributed by atoms with E-state index in [1.54, 1.807) is 36.4 Å². The number of phenols is 1. The van der Waals surface area contributed by atoms with Gasteiger partial charge in [-0.25, -0.2) is 4.39 Å². The Bertz CT molecular complexity index is 1930. The molecule has 0 radical (unpaired) electrons. The third-order valence-electron chi connectivity index (χ3n) is 11.8. The maximum Gasteiger partial charge on any atom is 0.260 e. The number of imide groups is 2. The van der Waals surface area contributed by atoms with Crippen molar-refractivity contribution in [2.24, 2.45) is 23.7 Å². The number of ether oxygens (including phenoxy) is 1. The number of rotatable bonds is 6. The summed E-state index contributed by atoms with van der Waals surface area (Å²) in [7, 11) is 1.50. The Labute approximate surface area is 294 Å². The zero-order valence-electron chi connectivity index (χ0n) is 27.5. The Morgan fingerprint density at radius 1 is 0.900 bits per heavy atom. The largest absolute Gasteiger partial charge is 0.508 e. The number of hydrogen-bond donors (Lipinski definition) is 2. The zero-order valence-corrected chi connectivity index (χ0v) is 28.2. The number of allylic oxidation sites excluding steroid dienone is 2. The van der Waals surface area contributed by atoms with Crippen LogP contribution >= 0.6 is 11.6 Å². The number of fused-ring (bicyclic) bond motifs is 4. The van der Waals surface area contributed by atoms with Crippen molar-refractivity contribution in [3.05, 3.63) is 100 Å². The molecular weight excluding hydrogens is 661 g/mol. The van der Waals surface area contributed by atoms with Crippen molar-refractivity contribution in [3.63, 3.8) is 0 Å². The molecule has 3 aromatic carbocycles. The van der Waals surface area contributed by atoms with Crippen molar-refractivity contribution in [1.29, 1.82) is 0 Å². The molecule has 50 heavy (non-hydrogen) atoms. The van der Waals surface area contributed by atoms with Gasteiger partial charge >= 0.3 is 0 Å². The monoisotopic (exact) mass is 697 g/mol. The first-order chi connectivity index (χ1) is 24.1. The Kier molecular flexibility index (Phi) is 7.97. The first-order valence-electron chi connectivity index (χ1n) is 17.3. The lowest BCUT2D eigenvalue weighted by Gasteiger charge is -2.50. The highest BCUT2D eigenvalue weighted by Gasteiger charge is 2.70. The number of benzene rings is 3. The number of phenolic OH excluding ortho intramolecular Hbond substituents is 1. The van der Waals surface area contributed by atoms with Crippen molar-refractivity contribution >= 4 is 40.9 Å². The van der Waals surface area contributed by atoms with Gasteiger partial charge in [-0.1, -0.05) is 54.6 Å². The first kappa shape index (κ1) is 32.5. The minimum Gasteiger partial charge on any atom is -0.508 e. The number of likely N-dealkylation sites (tertiary alicyclic amines) is 1. The average Bonchev–Trinajstić information content (AvgIpc) is 3.51. The highest BCUT2D eigenvalue weighted by molar-refractivity contribution is 6.30. The van der Waals surface area contributed by atoms with Gasteiger partial charge in [0.05, 0.1) is 36.0 Å². The van der Waals surface area contributed by atoms with Gasteiger partial charge < -0.3 is 9.84 Å². The molecule has 2 aliphatic heterocycles. The molecule has 2 heterocycles. The number of nitrogens with zero attached hydrogens (tertiary/aromatic N) is 2. The summed E-state index contributed by atoms with van der Waals surface area (Å²) >= 11 is 6.35. The molecule has 0 spiro atoms. The van der Waals surface area contributed by atoms with Crippen LogP contribution in [0.1, 0.15) is 62.0 Å². The average molecular weight is 698 g/mol. The first-order valence-corrected chi connectivity index (χ1v) is 17.6. The molecule has 4 fully saturated rings. The third-order valence-corrected chi connectivity index (χ3v) is 12.0. The Morgan fingerprint density at radius 2 is 1.62 bits per heavy atom. The van der Waals surface area contributed by atoms with E-state index in [2.05, 4.69) is 5.43 Å². The summed E-state index contributed by atoms with van der Waals surface area (Å²) in [6, 6.07) is 16.8. The fourth-order valence-electron chi connectivity index (χ4n) is 9.61. The van der Waals surface area contributed by atoms with Gasteiger partial charge in [0, 0.05) is 22.5 Å². The van der Waals surface area contributed by atoms with E-state index in [-0.39, 0.29) is 30.0 Å². The van der Waals surface area contributed by atoms with Crippen LogP contribution in [0.2, 0.25) is 5.02 Å². The van der Waals surface area contributed by atoms with Crippen molar-refractivity contribution in [2.45, 2.75) is 62.3 Å². The molecule has 5 aliphatic rings. The SMILES string of the molecule is COc1ccc(O)c([C@H]2C3=CC[C@@H]4C(=O)N(C5CCCCC5)C(=O)[C@@H]4[C@@H]3C[C@H]3C(=O)N(Nc4ccc(F)cc4)C(=O)[C@@]23c2ccc(Cl)cc2)c1. The molecule has 3 aromatic rings. The molecule has 11 heteroatoms. The van der Waals surface area contributed by atoms with Crippen molar-refractivity contribution in [2.75, 3.05) is 12.5 Å². The predicted molar refractivity (Wildman–Crippen MR) is 182 cm³/mol. The van der Waals surface area contributed by atoms with E-state index in [0.717, 1.165) is 42.7 Å². The topological polar surface area (TPSA) is 116 Å². The van der Waals surface area contributed by atoms with Crippen LogP contribution in [-0.2, 0) is 24.6 Å². The number of carbonyl (C=O) groups excluding carboxylic acids is 4. The van der Waals surface area contributed by atoms with E-state index in [4.69, 9.17) is 16.3 Å². The Morgan fingerprint density at radius 3 is 2.32 bits per heavy atom. The van der Waals surface area contributed by atoms with Gasteiger partial charge in [0.25, 0.3) is 11.8 Å². The molecular formula is C39H37ClFN3O6. The molecule has 6 atom stereocenters. The Hall–Kier alpha value is -4.70. The van der Waals surface area contributed by atoms with Gasteiger partial charge in [-0.2, -0.15) is 5.01 Å². The van der Waals surface area contributed by atoms with Gasteiger partial charge in [0.2, 0.25) is 11.8 Å². The van der Waals surface area contributed by atoms with Crippen LogP contribution in [0.3, 0.4) is 0 Å². The standard InChI is InChI=1S/C39H37ClFN3O6/c1-50-26-15-18-32(45)30(19-26)34-27-16-17-28-33(37(48)43(35(28)46)25-5-3-2-4-6-25)29(27)20-31-36(47)44(42-24-13-11-23(41)12-14-24)38(49)39(31,34)21-7-9-22(40)10-8-21/h7-16,18-19,25,28-29,31,33-34,42,45H,2-6,17,20H2,1H3/t28-,29+,31-,33-,34+,39+/m0/s1. The number of amides is 4. The van der Waals surface area contributed by atoms with Crippen LogP contribution in [0, 0.1) is 29.5 Å². The fourth-order valence-corrected chi connectivity index (χ4v) is 9.74. The number of methoxy groups -OCH3 is 1. The van der Waals surface area contributed by atoms with Crippen LogP contribution in [0.5, 0.6) is 11.5 Å². The van der Waals surface area contributed by atoms with Gasteiger partial charge in [-0.3, -0.25) is 29.5 Å². The van der Waals surface area contributed by atoms with Crippen LogP contribution in [0.15, 0.2) is 78.4 Å². The zero-order chi connectivity index (χ0) is 34.9. The summed E-state index contributed by atoms with van der Waals surface area (Å²) < 4.78 is 19.4. The van der Waals surface area contributed by atoms with E-state index in [9.17, 15) is 23.9 Å². The van der Waals surface area contributed by atoms with E-state index < -0.39 is 52.6 Å². The number of aromatic hydroxyl groups is 1. The second-order valence-electron chi connectivity index (χ2n) is 14.1. The smallest absolute Gasteiger partial charge is 0.260 e. The van der Waals surface area contributed by atoms with Crippen LogP contribution in [0.25, 0.3) is 0 Å². The molecule has 0 unspecified atom stereocenters. The van der Waals surface area contributed by atoms with E-state index in [0.29, 0.717) is 34.0 Å². The highest BCUT2D eigenvalue weighted by atomic mass is 35.5. The van der Waals surface area contributed by atoms with E-state index >= 15 is 4.79 Å². The molecule has 2 saturated carbocycles. The fraction of sp³-hybridized carbons (Fsp3) is 0.385. The van der Waals surface area contributed by atoms with Gasteiger partial charge in [0.15, 0.2) is 0 Å². The number of carbonyl (C=O) groups is 4. The van der Waals surface area contributed by atoms with E-state index in [1.807, 2.05) is 6.08 Å². The maximum absolute atomic E-state index is 15.2. The second kappa shape index (κ2) is 12.3. The van der Waals surface area contributed by atoms with Crippen molar-refractivity contribution in [3.8, 4) is 11.5 Å². The van der Waals surface area contributed by atoms with Crippen LogP contribution in [0.4, 0.5) is 10.1 Å². The van der Waals surface area contributed by atoms with Gasteiger partial charge in [0.1, 0.15) is 17.3 Å². The number of anilines is 1. The highest BCUT2D eigenvalue weighted by Crippen LogP contribution is 2.65. The summed E-state index contributed by atoms with van der Waals surface area (Å²) in [5.74, 6) is -5.36. The summed E-state index contributed by atoms with van der Waals surface area (Å²) in [4.78, 5) is 59.9. The van der Waals surface area contributed by atoms with Gasteiger partial charge in [-0.05, 0) is 91.8 Å². The predicted octanol–water partition coefficient (Wildman–Crippen LogP) is 6.51. The number of hydrogen-bond acceptors (Lipinski definition) is 7. The summed E-state index contributed by atoms with van der Waals surface area (Å²) in [5, 5.41) is 13.0. The van der Waals surface area contributed by atoms with Crippen LogP contribution in [-0.4, -0.2) is 51.8 Å².